The lowest BCUT2D eigenvalue weighted by atomic mass is 10.2. The second-order valence-corrected chi connectivity index (χ2v) is 5.22. The van der Waals surface area contributed by atoms with Gasteiger partial charge in [-0.2, -0.15) is 5.10 Å². The number of nitrogens with zero attached hydrogens (tertiary/aromatic N) is 4. The molecule has 0 saturated heterocycles. The number of anilines is 1. The van der Waals surface area contributed by atoms with E-state index in [4.69, 9.17) is 10.5 Å². The van der Waals surface area contributed by atoms with Gasteiger partial charge in [0.25, 0.3) is 0 Å². The number of ether oxygens (including phenoxy) is 1. The van der Waals surface area contributed by atoms with Gasteiger partial charge in [0, 0.05) is 13.2 Å². The highest BCUT2D eigenvalue weighted by Gasteiger charge is 2.19. The fraction of sp³-hybridized carbons (Fsp3) is 0.417. The van der Waals surface area contributed by atoms with Crippen molar-refractivity contribution < 1.29 is 9.53 Å². The molecule has 2 rings (SSSR count). The Labute approximate surface area is 111 Å². The molecular weight excluding hydrogens is 246 g/mol. The maximum Gasteiger partial charge on any atom is 0.419 e. The van der Waals surface area contributed by atoms with Crippen LogP contribution in [0.3, 0.4) is 0 Å². The minimum atomic E-state index is -0.549. The molecule has 2 aromatic rings. The summed E-state index contributed by atoms with van der Waals surface area (Å²) in [5.41, 5.74) is 7.02. The molecule has 0 aliphatic heterocycles. The molecule has 0 spiro atoms. The minimum absolute atomic E-state index is 0.480. The zero-order chi connectivity index (χ0) is 14.2. The van der Waals surface area contributed by atoms with Crippen LogP contribution in [-0.4, -0.2) is 31.0 Å². The van der Waals surface area contributed by atoms with Gasteiger partial charge < -0.3 is 10.5 Å². The van der Waals surface area contributed by atoms with Gasteiger partial charge in [0.1, 0.15) is 23.3 Å². The predicted molar refractivity (Wildman–Crippen MR) is 70.5 cm³/mol. The standard InChI is InChI=1S/C12H17N5O2/c1-12(2,3)19-11(18)17-6-9(14-7-17)10-8(13)5-15-16(10)4/h5-7H,13H2,1-4H3. The van der Waals surface area contributed by atoms with E-state index >= 15 is 0 Å². The van der Waals surface area contributed by atoms with E-state index in [1.807, 2.05) is 20.8 Å². The van der Waals surface area contributed by atoms with Crippen molar-refractivity contribution >= 4 is 11.8 Å². The second kappa shape index (κ2) is 4.42. The van der Waals surface area contributed by atoms with Crippen molar-refractivity contribution in [3.63, 3.8) is 0 Å². The monoisotopic (exact) mass is 263 g/mol. The van der Waals surface area contributed by atoms with Crippen molar-refractivity contribution in [1.29, 1.82) is 0 Å². The van der Waals surface area contributed by atoms with Gasteiger partial charge in [0.05, 0.1) is 11.9 Å². The molecule has 0 unspecified atom stereocenters. The molecular formula is C12H17N5O2. The average Bonchev–Trinajstić information content (AvgIpc) is 2.83. The SMILES string of the molecule is Cn1ncc(N)c1-c1cn(C(=O)OC(C)(C)C)cn1. The first-order valence-corrected chi connectivity index (χ1v) is 5.83. The van der Waals surface area contributed by atoms with Gasteiger partial charge in [-0.25, -0.2) is 14.3 Å². The topological polar surface area (TPSA) is 88.0 Å². The molecule has 0 fully saturated rings. The van der Waals surface area contributed by atoms with Crippen LogP contribution < -0.4 is 5.73 Å². The molecule has 2 heterocycles. The summed E-state index contributed by atoms with van der Waals surface area (Å²) in [6.45, 7) is 5.42. The normalized spacial score (nSPS) is 11.6. The van der Waals surface area contributed by atoms with E-state index in [-0.39, 0.29) is 0 Å². The molecule has 0 bridgehead atoms. The first-order valence-electron chi connectivity index (χ1n) is 5.83. The lowest BCUT2D eigenvalue weighted by Crippen LogP contribution is -2.26. The average molecular weight is 263 g/mol. The fourth-order valence-corrected chi connectivity index (χ4v) is 1.63. The van der Waals surface area contributed by atoms with Crippen LogP contribution in [0.4, 0.5) is 10.5 Å². The van der Waals surface area contributed by atoms with Crippen LogP contribution in [0.2, 0.25) is 0 Å². The third-order valence-electron chi connectivity index (χ3n) is 2.40. The fourth-order valence-electron chi connectivity index (χ4n) is 1.63. The number of nitrogen functional groups attached to an aromatic ring is 1. The zero-order valence-electron chi connectivity index (χ0n) is 11.4. The van der Waals surface area contributed by atoms with E-state index in [1.54, 1.807) is 24.1 Å². The highest BCUT2D eigenvalue weighted by molar-refractivity contribution is 5.75. The first kappa shape index (κ1) is 13.1. The molecule has 0 radical (unpaired) electrons. The Hall–Kier alpha value is -2.31. The van der Waals surface area contributed by atoms with Crippen molar-refractivity contribution in [1.82, 2.24) is 19.3 Å². The van der Waals surface area contributed by atoms with Gasteiger partial charge in [0.2, 0.25) is 0 Å². The number of nitrogens with two attached hydrogens (primary N) is 1. The number of hydrogen-bond donors (Lipinski definition) is 1. The van der Waals surface area contributed by atoms with Crippen LogP contribution in [0.1, 0.15) is 20.8 Å². The first-order chi connectivity index (χ1) is 8.78. The van der Waals surface area contributed by atoms with Gasteiger partial charge in [0.15, 0.2) is 0 Å². The van der Waals surface area contributed by atoms with Crippen molar-refractivity contribution in [3.8, 4) is 11.4 Å². The summed E-state index contributed by atoms with van der Waals surface area (Å²) in [7, 11) is 1.76. The number of carbonyl (C=O) groups excluding carboxylic acids is 1. The third kappa shape index (κ3) is 2.75. The molecule has 7 heteroatoms. The summed E-state index contributed by atoms with van der Waals surface area (Å²) in [4.78, 5) is 16.0. The van der Waals surface area contributed by atoms with Crippen molar-refractivity contribution in [2.75, 3.05) is 5.73 Å². The number of rotatable bonds is 1. The van der Waals surface area contributed by atoms with Gasteiger partial charge >= 0.3 is 6.09 Å². The maximum atomic E-state index is 11.9. The van der Waals surface area contributed by atoms with E-state index in [1.165, 1.54) is 10.9 Å². The maximum absolute atomic E-state index is 11.9. The molecule has 0 atom stereocenters. The lowest BCUT2D eigenvalue weighted by molar-refractivity contribution is 0.0536. The zero-order valence-corrected chi connectivity index (χ0v) is 11.4. The summed E-state index contributed by atoms with van der Waals surface area (Å²) in [6, 6.07) is 0. The highest BCUT2D eigenvalue weighted by atomic mass is 16.6. The summed E-state index contributed by atoms with van der Waals surface area (Å²) in [5.74, 6) is 0. The summed E-state index contributed by atoms with van der Waals surface area (Å²) < 4.78 is 8.14. The third-order valence-corrected chi connectivity index (χ3v) is 2.40. The molecule has 2 N–H and O–H groups in total. The van der Waals surface area contributed by atoms with E-state index < -0.39 is 11.7 Å². The van der Waals surface area contributed by atoms with Gasteiger partial charge in [-0.1, -0.05) is 0 Å². The van der Waals surface area contributed by atoms with Crippen LogP contribution in [0.5, 0.6) is 0 Å². The largest absolute Gasteiger partial charge is 0.443 e. The number of carbonyl (C=O) groups is 1. The van der Waals surface area contributed by atoms with Crippen molar-refractivity contribution in [2.45, 2.75) is 26.4 Å². The molecule has 0 saturated carbocycles. The van der Waals surface area contributed by atoms with Crippen LogP contribution in [-0.2, 0) is 11.8 Å². The van der Waals surface area contributed by atoms with Gasteiger partial charge in [-0.3, -0.25) is 4.68 Å². The Bertz CT molecular complexity index is 586. The van der Waals surface area contributed by atoms with Crippen LogP contribution >= 0.6 is 0 Å². The molecule has 0 aliphatic rings. The quantitative estimate of drug-likeness (QED) is 0.845. The van der Waals surface area contributed by atoms with E-state index in [0.29, 0.717) is 17.1 Å². The van der Waals surface area contributed by atoms with E-state index in [0.717, 1.165) is 0 Å². The van der Waals surface area contributed by atoms with Crippen LogP contribution in [0.25, 0.3) is 11.4 Å². The predicted octanol–water partition coefficient (Wildman–Crippen LogP) is 1.65. The molecule has 7 nitrogen and oxygen atoms in total. The van der Waals surface area contributed by atoms with E-state index in [9.17, 15) is 4.79 Å². The number of imidazole rings is 1. The Morgan fingerprint density at radius 1 is 1.42 bits per heavy atom. The van der Waals surface area contributed by atoms with Crippen LogP contribution in [0, 0.1) is 0 Å². The Balaban J connectivity index is 2.27. The molecule has 2 aromatic heterocycles. The minimum Gasteiger partial charge on any atom is -0.443 e. The Morgan fingerprint density at radius 2 is 2.11 bits per heavy atom. The molecule has 19 heavy (non-hydrogen) atoms. The number of aryl methyl sites for hydroxylation is 1. The van der Waals surface area contributed by atoms with E-state index in [2.05, 4.69) is 10.1 Å². The number of aromatic nitrogens is 4. The molecule has 0 aliphatic carbocycles. The van der Waals surface area contributed by atoms with Crippen LogP contribution in [0.15, 0.2) is 18.7 Å². The van der Waals surface area contributed by atoms with Crippen molar-refractivity contribution in [2.24, 2.45) is 7.05 Å². The molecule has 0 aromatic carbocycles. The van der Waals surface area contributed by atoms with Gasteiger partial charge in [-0.15, -0.1) is 0 Å². The Morgan fingerprint density at radius 3 is 2.63 bits per heavy atom. The Kier molecular flexibility index (Phi) is 3.05. The molecule has 102 valence electrons. The van der Waals surface area contributed by atoms with Gasteiger partial charge in [-0.05, 0) is 20.8 Å². The summed E-state index contributed by atoms with van der Waals surface area (Å²) in [5, 5.41) is 4.03. The highest BCUT2D eigenvalue weighted by Crippen LogP contribution is 2.23. The van der Waals surface area contributed by atoms with Crippen molar-refractivity contribution in [3.05, 3.63) is 18.7 Å². The summed E-state index contributed by atoms with van der Waals surface area (Å²) in [6.07, 6.45) is 4.03. The number of hydrogen-bond acceptors (Lipinski definition) is 5. The smallest absolute Gasteiger partial charge is 0.419 e. The molecule has 0 amide bonds. The summed E-state index contributed by atoms with van der Waals surface area (Å²) >= 11 is 0. The second-order valence-electron chi connectivity index (χ2n) is 5.22. The lowest BCUT2D eigenvalue weighted by Gasteiger charge is -2.19.